The fourth-order valence-corrected chi connectivity index (χ4v) is 4.68. The van der Waals surface area contributed by atoms with Gasteiger partial charge < -0.3 is 5.32 Å². The summed E-state index contributed by atoms with van der Waals surface area (Å²) in [6.07, 6.45) is 12.1. The Bertz CT molecular complexity index is 1110. The summed E-state index contributed by atoms with van der Waals surface area (Å²) >= 11 is 1.57. The van der Waals surface area contributed by atoms with Crippen LogP contribution in [0.15, 0.2) is 41.5 Å². The van der Waals surface area contributed by atoms with Crippen molar-refractivity contribution in [2.45, 2.75) is 58.9 Å². The molecule has 32 heavy (non-hydrogen) atoms. The third-order valence-corrected chi connectivity index (χ3v) is 6.54. The molecule has 1 aromatic carbocycles. The minimum Gasteiger partial charge on any atom is -0.367 e. The average molecular weight is 447 g/mol. The van der Waals surface area contributed by atoms with Crippen LogP contribution in [0.5, 0.6) is 0 Å². The number of aryl methyl sites for hydroxylation is 1. The van der Waals surface area contributed by atoms with Gasteiger partial charge in [0.15, 0.2) is 10.8 Å². The van der Waals surface area contributed by atoms with Crippen LogP contribution in [0, 0.1) is 6.92 Å². The first-order valence-corrected chi connectivity index (χ1v) is 12.2. The summed E-state index contributed by atoms with van der Waals surface area (Å²) in [4.78, 5) is 14.1. The van der Waals surface area contributed by atoms with Crippen molar-refractivity contribution in [2.75, 3.05) is 11.9 Å². The van der Waals surface area contributed by atoms with E-state index in [0.29, 0.717) is 11.9 Å². The minimum absolute atomic E-state index is 0.436. The number of nitrogens with zero attached hydrogens (tertiary/aromatic N) is 5. The highest BCUT2D eigenvalue weighted by Gasteiger charge is 2.19. The number of rotatable bonds is 7. The lowest BCUT2D eigenvalue weighted by Crippen LogP contribution is -2.23. The SMILES string of the molecule is C/C=C(\C=NCC)c1cccc(-c2ncc(-c3nnc(C)s3)c(NC3CCCCC3)n2)c1. The van der Waals surface area contributed by atoms with Crippen molar-refractivity contribution in [2.24, 2.45) is 4.99 Å². The summed E-state index contributed by atoms with van der Waals surface area (Å²) < 4.78 is 0. The van der Waals surface area contributed by atoms with Crippen molar-refractivity contribution in [3.05, 3.63) is 47.1 Å². The molecule has 0 radical (unpaired) electrons. The van der Waals surface area contributed by atoms with E-state index < -0.39 is 0 Å². The molecule has 1 fully saturated rings. The van der Waals surface area contributed by atoms with Gasteiger partial charge in [-0.1, -0.05) is 54.9 Å². The van der Waals surface area contributed by atoms with Gasteiger partial charge >= 0.3 is 0 Å². The normalized spacial score (nSPS) is 15.4. The lowest BCUT2D eigenvalue weighted by Gasteiger charge is -2.24. The molecule has 1 N–H and O–H groups in total. The third-order valence-electron chi connectivity index (χ3n) is 5.67. The molecule has 1 saturated carbocycles. The highest BCUT2D eigenvalue weighted by molar-refractivity contribution is 7.14. The minimum atomic E-state index is 0.436. The molecule has 166 valence electrons. The Morgan fingerprint density at radius 2 is 2.06 bits per heavy atom. The number of aliphatic imine (C=N–C) groups is 1. The summed E-state index contributed by atoms with van der Waals surface area (Å²) in [6.45, 7) is 6.81. The lowest BCUT2D eigenvalue weighted by atomic mass is 9.95. The maximum atomic E-state index is 4.97. The standard InChI is InChI=1S/C25H30N6S/c1-4-18(15-26-5-2)19-10-9-11-20(14-19)23-27-16-22(25-31-30-17(3)32-25)24(29-23)28-21-12-7-6-8-13-21/h4,9-11,14-16,21H,5-8,12-13H2,1-3H3,(H,27,28,29)/b18-4+,26-15?. The predicted octanol–water partition coefficient (Wildman–Crippen LogP) is 6.21. The Labute approximate surface area is 194 Å². The molecule has 7 heteroatoms. The van der Waals surface area contributed by atoms with E-state index >= 15 is 0 Å². The van der Waals surface area contributed by atoms with Gasteiger partial charge in [-0.05, 0) is 50.8 Å². The molecule has 1 aliphatic rings. The highest BCUT2D eigenvalue weighted by atomic mass is 32.1. The molecule has 0 spiro atoms. The molecule has 0 atom stereocenters. The van der Waals surface area contributed by atoms with Crippen molar-refractivity contribution < 1.29 is 0 Å². The number of hydrogen-bond acceptors (Lipinski definition) is 7. The smallest absolute Gasteiger partial charge is 0.161 e. The van der Waals surface area contributed by atoms with E-state index in [0.717, 1.165) is 44.6 Å². The molecule has 6 nitrogen and oxygen atoms in total. The van der Waals surface area contributed by atoms with E-state index in [4.69, 9.17) is 9.97 Å². The zero-order chi connectivity index (χ0) is 22.3. The van der Waals surface area contributed by atoms with Crippen molar-refractivity contribution in [1.82, 2.24) is 20.2 Å². The second-order valence-electron chi connectivity index (χ2n) is 8.01. The van der Waals surface area contributed by atoms with Crippen LogP contribution in [-0.2, 0) is 0 Å². The second kappa shape index (κ2) is 10.6. The Morgan fingerprint density at radius 3 is 2.78 bits per heavy atom. The van der Waals surface area contributed by atoms with Crippen LogP contribution in [0.25, 0.3) is 27.5 Å². The van der Waals surface area contributed by atoms with Crippen LogP contribution in [0.4, 0.5) is 5.82 Å². The molecule has 3 aromatic rings. The molecule has 2 aromatic heterocycles. The average Bonchev–Trinajstić information content (AvgIpc) is 3.26. The zero-order valence-corrected chi connectivity index (χ0v) is 19.8. The van der Waals surface area contributed by atoms with Gasteiger partial charge in [-0.3, -0.25) is 4.99 Å². The Hall–Kier alpha value is -2.93. The molecular formula is C25H30N6S. The van der Waals surface area contributed by atoms with Crippen LogP contribution in [0.2, 0.25) is 0 Å². The van der Waals surface area contributed by atoms with Crippen molar-refractivity contribution >= 4 is 28.9 Å². The number of benzene rings is 1. The van der Waals surface area contributed by atoms with Crippen LogP contribution in [-0.4, -0.2) is 39.0 Å². The summed E-state index contributed by atoms with van der Waals surface area (Å²) in [6, 6.07) is 8.77. The summed E-state index contributed by atoms with van der Waals surface area (Å²) in [5.41, 5.74) is 4.11. The fourth-order valence-electron chi connectivity index (χ4n) is 3.98. The van der Waals surface area contributed by atoms with Crippen LogP contribution in [0.3, 0.4) is 0 Å². The first-order valence-electron chi connectivity index (χ1n) is 11.4. The molecule has 0 unspecified atom stereocenters. The van der Waals surface area contributed by atoms with E-state index in [1.54, 1.807) is 11.3 Å². The molecule has 0 amide bonds. The zero-order valence-electron chi connectivity index (χ0n) is 19.0. The van der Waals surface area contributed by atoms with Gasteiger partial charge in [0.05, 0.1) is 5.56 Å². The van der Waals surface area contributed by atoms with Gasteiger partial charge in [0.1, 0.15) is 10.8 Å². The van der Waals surface area contributed by atoms with Crippen LogP contribution >= 0.6 is 11.3 Å². The molecule has 0 saturated heterocycles. The topological polar surface area (TPSA) is 76.0 Å². The summed E-state index contributed by atoms with van der Waals surface area (Å²) in [5, 5.41) is 14.0. The van der Waals surface area contributed by atoms with Crippen molar-refractivity contribution in [1.29, 1.82) is 0 Å². The van der Waals surface area contributed by atoms with Gasteiger partial charge in [0.25, 0.3) is 0 Å². The van der Waals surface area contributed by atoms with Crippen LogP contribution < -0.4 is 5.32 Å². The monoisotopic (exact) mass is 446 g/mol. The van der Waals surface area contributed by atoms with Crippen LogP contribution in [0.1, 0.15) is 56.5 Å². The maximum Gasteiger partial charge on any atom is 0.161 e. The van der Waals surface area contributed by atoms with Gasteiger partial charge in [0.2, 0.25) is 0 Å². The number of nitrogens with one attached hydrogen (secondary N) is 1. The maximum absolute atomic E-state index is 4.97. The van der Waals surface area contributed by atoms with Gasteiger partial charge in [0, 0.05) is 30.6 Å². The van der Waals surface area contributed by atoms with Crippen molar-refractivity contribution in [3.63, 3.8) is 0 Å². The number of allylic oxidation sites excluding steroid dienone is 2. The predicted molar refractivity (Wildman–Crippen MR) is 134 cm³/mol. The van der Waals surface area contributed by atoms with Crippen molar-refractivity contribution in [3.8, 4) is 22.0 Å². The second-order valence-corrected chi connectivity index (χ2v) is 9.20. The van der Waals surface area contributed by atoms with E-state index in [9.17, 15) is 0 Å². The fraction of sp³-hybridized carbons (Fsp3) is 0.400. The molecule has 2 heterocycles. The molecule has 4 rings (SSSR count). The van der Waals surface area contributed by atoms with E-state index in [1.807, 2.05) is 39.2 Å². The van der Waals surface area contributed by atoms with Gasteiger partial charge in [-0.15, -0.1) is 10.2 Å². The Kier molecular flexibility index (Phi) is 7.37. The summed E-state index contributed by atoms with van der Waals surface area (Å²) in [5.74, 6) is 1.56. The molecule has 1 aliphatic carbocycles. The first kappa shape index (κ1) is 22.3. The largest absolute Gasteiger partial charge is 0.367 e. The Morgan fingerprint density at radius 1 is 1.22 bits per heavy atom. The first-order chi connectivity index (χ1) is 15.7. The highest BCUT2D eigenvalue weighted by Crippen LogP contribution is 2.32. The molecule has 0 bridgehead atoms. The quantitative estimate of drug-likeness (QED) is 0.437. The lowest BCUT2D eigenvalue weighted by molar-refractivity contribution is 0.462. The van der Waals surface area contributed by atoms with E-state index in [1.165, 1.54) is 32.1 Å². The number of aromatic nitrogens is 4. The molecular weight excluding hydrogens is 416 g/mol. The number of hydrogen-bond donors (Lipinski definition) is 1. The number of anilines is 1. The van der Waals surface area contributed by atoms with Gasteiger partial charge in [-0.25, -0.2) is 9.97 Å². The Balaban J connectivity index is 1.71. The third kappa shape index (κ3) is 5.27. The van der Waals surface area contributed by atoms with Gasteiger partial charge in [-0.2, -0.15) is 0 Å². The van der Waals surface area contributed by atoms with E-state index in [2.05, 4.69) is 44.8 Å². The summed E-state index contributed by atoms with van der Waals surface area (Å²) in [7, 11) is 0. The van der Waals surface area contributed by atoms with E-state index in [-0.39, 0.29) is 0 Å². The molecule has 0 aliphatic heterocycles.